The van der Waals surface area contributed by atoms with E-state index in [-0.39, 0.29) is 5.54 Å². The predicted octanol–water partition coefficient (Wildman–Crippen LogP) is 1.83. The number of nitrogens with zero attached hydrogens (tertiary/aromatic N) is 5. The quantitative estimate of drug-likeness (QED) is 0.811. The maximum absolute atomic E-state index is 8.82. The first-order valence-corrected chi connectivity index (χ1v) is 8.91. The third kappa shape index (κ3) is 3.30. The molecule has 7 heteroatoms. The molecule has 2 aromatic heterocycles. The van der Waals surface area contributed by atoms with Gasteiger partial charge in [0.1, 0.15) is 11.8 Å². The average Bonchev–Trinajstić information content (AvgIpc) is 3.16. The fraction of sp³-hybridized carbons (Fsp3) is 0.526. The lowest BCUT2D eigenvalue weighted by Gasteiger charge is -2.51. The van der Waals surface area contributed by atoms with E-state index in [1.807, 2.05) is 13.0 Å². The van der Waals surface area contributed by atoms with E-state index in [1.54, 1.807) is 18.3 Å². The van der Waals surface area contributed by atoms with Crippen LogP contribution in [0.15, 0.2) is 28.9 Å². The van der Waals surface area contributed by atoms with Crippen molar-refractivity contribution in [1.29, 1.82) is 5.26 Å². The topological polar surface area (TPSA) is 78.4 Å². The van der Waals surface area contributed by atoms with Crippen LogP contribution in [0.25, 0.3) is 0 Å². The number of likely N-dealkylation sites (tertiary alicyclic amines) is 2. The van der Waals surface area contributed by atoms with E-state index in [0.717, 1.165) is 44.1 Å². The zero-order valence-electron chi connectivity index (χ0n) is 15.2. The van der Waals surface area contributed by atoms with Gasteiger partial charge >= 0.3 is 0 Å². The van der Waals surface area contributed by atoms with Gasteiger partial charge in [-0.2, -0.15) is 5.26 Å². The Hall–Kier alpha value is -2.43. The second kappa shape index (κ2) is 6.71. The Morgan fingerprint density at radius 1 is 1.42 bits per heavy atom. The highest BCUT2D eigenvalue weighted by Gasteiger charge is 2.51. The summed E-state index contributed by atoms with van der Waals surface area (Å²) < 4.78 is 11.0. The standard InChI is InChI=1S/C19H23N5O2/c1-14-5-17(22-26-14)10-24-12-19(13-24)6-16(9-23(19)2)11-25-18-4-3-15(7-20)8-21-18/h3-5,8,16H,6,9-13H2,1-2H3/t16-/m0/s1. The molecule has 4 heterocycles. The van der Waals surface area contributed by atoms with Gasteiger partial charge in [0.05, 0.1) is 17.9 Å². The molecule has 0 N–H and O–H groups in total. The van der Waals surface area contributed by atoms with E-state index >= 15 is 0 Å². The molecule has 0 radical (unpaired) electrons. The van der Waals surface area contributed by atoms with Crippen molar-refractivity contribution in [2.45, 2.75) is 25.4 Å². The number of nitriles is 1. The highest BCUT2D eigenvalue weighted by Crippen LogP contribution is 2.40. The third-order valence-corrected chi connectivity index (χ3v) is 5.44. The summed E-state index contributed by atoms with van der Waals surface area (Å²) in [4.78, 5) is 9.06. The van der Waals surface area contributed by atoms with Crippen LogP contribution in [0.4, 0.5) is 0 Å². The summed E-state index contributed by atoms with van der Waals surface area (Å²) in [6.45, 7) is 6.58. The Balaban J connectivity index is 1.27. The minimum Gasteiger partial charge on any atom is -0.477 e. The second-order valence-electron chi connectivity index (χ2n) is 7.56. The lowest BCUT2D eigenvalue weighted by atomic mass is 9.84. The van der Waals surface area contributed by atoms with Gasteiger partial charge in [-0.3, -0.25) is 9.80 Å². The third-order valence-electron chi connectivity index (χ3n) is 5.44. The lowest BCUT2D eigenvalue weighted by molar-refractivity contribution is -0.0233. The Kier molecular flexibility index (Phi) is 4.39. The van der Waals surface area contributed by atoms with Gasteiger partial charge in [0.25, 0.3) is 0 Å². The van der Waals surface area contributed by atoms with Crippen LogP contribution in [0.3, 0.4) is 0 Å². The van der Waals surface area contributed by atoms with E-state index in [4.69, 9.17) is 14.5 Å². The molecule has 1 atom stereocenters. The second-order valence-corrected chi connectivity index (χ2v) is 7.56. The van der Waals surface area contributed by atoms with Crippen LogP contribution in [-0.2, 0) is 6.54 Å². The average molecular weight is 353 g/mol. The van der Waals surface area contributed by atoms with Crippen LogP contribution in [0, 0.1) is 24.2 Å². The molecule has 0 unspecified atom stereocenters. The Labute approximate surface area is 153 Å². The van der Waals surface area contributed by atoms with Gasteiger partial charge < -0.3 is 9.26 Å². The zero-order valence-corrected chi connectivity index (χ0v) is 15.2. The molecule has 26 heavy (non-hydrogen) atoms. The Morgan fingerprint density at radius 3 is 2.92 bits per heavy atom. The van der Waals surface area contributed by atoms with Crippen LogP contribution < -0.4 is 4.74 Å². The molecular weight excluding hydrogens is 330 g/mol. The van der Waals surface area contributed by atoms with Crippen LogP contribution in [0.2, 0.25) is 0 Å². The van der Waals surface area contributed by atoms with Gasteiger partial charge in [-0.25, -0.2) is 4.98 Å². The number of hydrogen-bond donors (Lipinski definition) is 0. The summed E-state index contributed by atoms with van der Waals surface area (Å²) in [5.41, 5.74) is 1.81. The normalized spacial score (nSPS) is 22.3. The molecule has 4 rings (SSSR count). The molecule has 2 saturated heterocycles. The molecule has 0 aliphatic carbocycles. The summed E-state index contributed by atoms with van der Waals surface area (Å²) in [7, 11) is 2.21. The van der Waals surface area contributed by atoms with Gasteiger partial charge in [-0.1, -0.05) is 5.16 Å². The molecule has 2 fully saturated rings. The summed E-state index contributed by atoms with van der Waals surface area (Å²) in [6.07, 6.45) is 2.68. The molecule has 0 saturated carbocycles. The molecule has 136 valence electrons. The summed E-state index contributed by atoms with van der Waals surface area (Å²) >= 11 is 0. The van der Waals surface area contributed by atoms with E-state index in [9.17, 15) is 0 Å². The first-order chi connectivity index (χ1) is 12.6. The number of pyridine rings is 1. The molecule has 2 aromatic rings. The lowest BCUT2D eigenvalue weighted by Crippen LogP contribution is -2.66. The summed E-state index contributed by atoms with van der Waals surface area (Å²) in [5, 5.41) is 12.9. The minimum atomic E-state index is 0.255. The number of hydrogen-bond acceptors (Lipinski definition) is 7. The molecule has 0 amide bonds. The Morgan fingerprint density at radius 2 is 2.27 bits per heavy atom. The predicted molar refractivity (Wildman–Crippen MR) is 94.4 cm³/mol. The molecule has 2 aliphatic rings. The SMILES string of the molecule is Cc1cc(CN2CC3(C[C@H](COc4ccc(C#N)cn4)CN3C)C2)no1. The molecular formula is C19H23N5O2. The fourth-order valence-electron chi connectivity index (χ4n) is 4.18. The largest absolute Gasteiger partial charge is 0.477 e. The van der Waals surface area contributed by atoms with Crippen molar-refractivity contribution in [1.82, 2.24) is 19.9 Å². The molecule has 2 aliphatic heterocycles. The fourth-order valence-corrected chi connectivity index (χ4v) is 4.18. The molecule has 1 spiro atoms. The van der Waals surface area contributed by atoms with Crippen molar-refractivity contribution in [3.8, 4) is 11.9 Å². The highest BCUT2D eigenvalue weighted by atomic mass is 16.5. The van der Waals surface area contributed by atoms with Gasteiger partial charge in [0.15, 0.2) is 0 Å². The van der Waals surface area contributed by atoms with Crippen molar-refractivity contribution in [2.24, 2.45) is 5.92 Å². The number of aromatic nitrogens is 2. The van der Waals surface area contributed by atoms with E-state index in [0.29, 0.717) is 24.0 Å². The van der Waals surface area contributed by atoms with Crippen LogP contribution in [0.5, 0.6) is 5.88 Å². The van der Waals surface area contributed by atoms with Crippen LogP contribution in [-0.4, -0.2) is 58.8 Å². The number of aryl methyl sites for hydroxylation is 1. The smallest absolute Gasteiger partial charge is 0.213 e. The maximum atomic E-state index is 8.82. The summed E-state index contributed by atoms with van der Waals surface area (Å²) in [6, 6.07) is 7.57. The van der Waals surface area contributed by atoms with E-state index < -0.39 is 0 Å². The first kappa shape index (κ1) is 17.0. The number of ether oxygens (including phenoxy) is 1. The zero-order chi connectivity index (χ0) is 18.1. The van der Waals surface area contributed by atoms with Crippen LogP contribution >= 0.6 is 0 Å². The number of likely N-dealkylation sites (N-methyl/N-ethyl adjacent to an activating group) is 1. The van der Waals surface area contributed by atoms with Gasteiger partial charge in [0, 0.05) is 56.0 Å². The van der Waals surface area contributed by atoms with Crippen LogP contribution in [0.1, 0.15) is 23.4 Å². The van der Waals surface area contributed by atoms with Crippen molar-refractivity contribution in [3.63, 3.8) is 0 Å². The van der Waals surface area contributed by atoms with Crippen molar-refractivity contribution in [2.75, 3.05) is 33.3 Å². The Bertz CT molecular complexity index is 804. The van der Waals surface area contributed by atoms with E-state index in [1.165, 1.54) is 0 Å². The molecule has 0 bridgehead atoms. The molecule has 0 aromatic carbocycles. The highest BCUT2D eigenvalue weighted by molar-refractivity contribution is 5.28. The monoisotopic (exact) mass is 353 g/mol. The van der Waals surface area contributed by atoms with Gasteiger partial charge in [-0.05, 0) is 26.5 Å². The van der Waals surface area contributed by atoms with Crippen molar-refractivity contribution in [3.05, 3.63) is 41.4 Å². The van der Waals surface area contributed by atoms with E-state index in [2.05, 4.69) is 33.1 Å². The molecule has 7 nitrogen and oxygen atoms in total. The van der Waals surface area contributed by atoms with Crippen molar-refractivity contribution >= 4 is 0 Å². The number of rotatable bonds is 5. The maximum Gasteiger partial charge on any atom is 0.213 e. The minimum absolute atomic E-state index is 0.255. The van der Waals surface area contributed by atoms with Gasteiger partial charge in [0.2, 0.25) is 5.88 Å². The van der Waals surface area contributed by atoms with Gasteiger partial charge in [-0.15, -0.1) is 0 Å². The first-order valence-electron chi connectivity index (χ1n) is 8.91. The van der Waals surface area contributed by atoms with Crippen molar-refractivity contribution < 1.29 is 9.26 Å². The summed E-state index contributed by atoms with van der Waals surface area (Å²) in [5.74, 6) is 1.94.